The molecule has 1 saturated heterocycles. The maximum atomic E-state index is 14.3. The van der Waals surface area contributed by atoms with E-state index < -0.39 is 30.8 Å². The summed E-state index contributed by atoms with van der Waals surface area (Å²) in [5.41, 5.74) is 1.99. The summed E-state index contributed by atoms with van der Waals surface area (Å²) in [6, 6.07) is 7.46. The van der Waals surface area contributed by atoms with Crippen molar-refractivity contribution in [1.29, 1.82) is 0 Å². The molecule has 3 amide bonds. The Morgan fingerprint density at radius 3 is 2.56 bits per heavy atom. The van der Waals surface area contributed by atoms with Gasteiger partial charge in [0.25, 0.3) is 0 Å². The van der Waals surface area contributed by atoms with Gasteiger partial charge in [-0.15, -0.1) is 6.58 Å². The van der Waals surface area contributed by atoms with Crippen LogP contribution in [0.15, 0.2) is 43.5 Å². The number of nitrogens with zero attached hydrogens (tertiary/aromatic N) is 1. The number of nitrogens with one attached hydrogen (secondary N) is 1. The second-order valence-electron chi connectivity index (χ2n) is 12.2. The van der Waals surface area contributed by atoms with Crippen molar-refractivity contribution in [2.24, 2.45) is 0 Å². The summed E-state index contributed by atoms with van der Waals surface area (Å²) >= 11 is 0. The van der Waals surface area contributed by atoms with Crippen LogP contribution in [0.2, 0.25) is 25.7 Å². The summed E-state index contributed by atoms with van der Waals surface area (Å²) in [6.07, 6.45) is 5.85. The minimum atomic E-state index is -1.46. The van der Waals surface area contributed by atoms with E-state index in [1.807, 2.05) is 38.1 Å². The van der Waals surface area contributed by atoms with Crippen molar-refractivity contribution in [3.63, 3.8) is 0 Å². The van der Waals surface area contributed by atoms with E-state index in [0.717, 1.165) is 30.0 Å². The van der Waals surface area contributed by atoms with E-state index in [4.69, 9.17) is 14.2 Å². The molecule has 8 nitrogen and oxygen atoms in total. The van der Waals surface area contributed by atoms with Gasteiger partial charge in [0, 0.05) is 14.5 Å². The number of imide groups is 1. The van der Waals surface area contributed by atoms with E-state index in [-0.39, 0.29) is 37.8 Å². The quantitative estimate of drug-likeness (QED) is 0.0962. The topological polar surface area (TPSA) is 90.9 Å². The van der Waals surface area contributed by atoms with Gasteiger partial charge in [0.15, 0.2) is 0 Å². The fourth-order valence-corrected chi connectivity index (χ4v) is 5.73. The van der Waals surface area contributed by atoms with Crippen molar-refractivity contribution in [2.75, 3.05) is 19.8 Å². The van der Waals surface area contributed by atoms with Gasteiger partial charge in [0.05, 0.1) is 19.8 Å². The molecule has 0 spiro atoms. The van der Waals surface area contributed by atoms with Crippen molar-refractivity contribution in [3.05, 3.63) is 54.6 Å². The first-order valence-electron chi connectivity index (χ1n) is 14.9. The van der Waals surface area contributed by atoms with Gasteiger partial charge in [-0.3, -0.25) is 0 Å². The third-order valence-electron chi connectivity index (χ3n) is 7.54. The number of allylic oxidation sites excluding steroid dienone is 1. The normalized spacial score (nSPS) is 21.1. The monoisotopic (exact) mass is 587 g/mol. The first-order chi connectivity index (χ1) is 19.5. The highest BCUT2D eigenvalue weighted by Crippen LogP contribution is 2.33. The molecule has 3 unspecified atom stereocenters. The number of amides is 3. The summed E-state index contributed by atoms with van der Waals surface area (Å²) in [4.78, 5) is 40.8. The van der Waals surface area contributed by atoms with E-state index in [0.29, 0.717) is 32.3 Å². The second-order valence-corrected chi connectivity index (χ2v) is 17.8. The molecule has 228 valence electrons. The van der Waals surface area contributed by atoms with Gasteiger partial charge in [-0.2, -0.15) is 9.28 Å². The Kier molecular flexibility index (Phi) is 14.0. The van der Waals surface area contributed by atoms with Gasteiger partial charge in [0.2, 0.25) is 0 Å². The Labute approximate surface area is 247 Å². The zero-order valence-electron chi connectivity index (χ0n) is 25.8. The third kappa shape index (κ3) is 10.5. The molecule has 0 aliphatic carbocycles. The Hall–Kier alpha value is -2.75. The Balaban J connectivity index is 2.28. The van der Waals surface area contributed by atoms with Crippen LogP contribution in [-0.2, 0) is 25.6 Å². The van der Waals surface area contributed by atoms with Crippen molar-refractivity contribution in [1.82, 2.24) is 5.32 Å². The zero-order valence-corrected chi connectivity index (χ0v) is 26.8. The Bertz CT molecular complexity index is 1040. The first-order valence-corrected chi connectivity index (χ1v) is 18.6. The molecule has 1 aromatic carbocycles. The molecule has 1 aromatic rings. The minimum Gasteiger partial charge on any atom is -0.450 e. The zero-order chi connectivity index (χ0) is 30.5. The van der Waals surface area contributed by atoms with E-state index in [1.165, 1.54) is 0 Å². The SMILES string of the molecule is C=CCCCOC(=O)NC(CCCC)C(=O)[N+]1(C(=O)OCC[Si](C)(C)C)C[C@H](OCc2cccc(C=C)c2)CC1C. The van der Waals surface area contributed by atoms with Gasteiger partial charge in [0.1, 0.15) is 24.7 Å². The molecule has 9 heteroatoms. The van der Waals surface area contributed by atoms with Crippen LogP contribution in [0.5, 0.6) is 0 Å². The van der Waals surface area contributed by atoms with Crippen LogP contribution in [0, 0.1) is 0 Å². The number of ether oxygens (including phenoxy) is 3. The van der Waals surface area contributed by atoms with Crippen molar-refractivity contribution < 1.29 is 33.1 Å². The van der Waals surface area contributed by atoms with Crippen LogP contribution in [0.3, 0.4) is 0 Å². The van der Waals surface area contributed by atoms with E-state index in [2.05, 4.69) is 38.1 Å². The summed E-state index contributed by atoms with van der Waals surface area (Å²) in [7, 11) is -1.46. The maximum Gasteiger partial charge on any atom is 0.523 e. The molecule has 0 aromatic heterocycles. The Morgan fingerprint density at radius 2 is 1.90 bits per heavy atom. The molecule has 0 bridgehead atoms. The van der Waals surface area contributed by atoms with Crippen molar-refractivity contribution in [3.8, 4) is 0 Å². The number of hydrogen-bond donors (Lipinski definition) is 1. The lowest BCUT2D eigenvalue weighted by Crippen LogP contribution is -2.65. The molecule has 1 heterocycles. The fourth-order valence-electron chi connectivity index (χ4n) is 5.01. The highest BCUT2D eigenvalue weighted by molar-refractivity contribution is 6.76. The van der Waals surface area contributed by atoms with Crippen LogP contribution >= 0.6 is 0 Å². The molecule has 4 atom stereocenters. The summed E-state index contributed by atoms with van der Waals surface area (Å²) in [5.74, 6) is -0.369. The molecule has 0 radical (unpaired) electrons. The molecule has 0 saturated carbocycles. The maximum absolute atomic E-state index is 14.3. The molecular weight excluding hydrogens is 536 g/mol. The van der Waals surface area contributed by atoms with E-state index in [9.17, 15) is 14.4 Å². The van der Waals surface area contributed by atoms with Crippen molar-refractivity contribution >= 4 is 32.2 Å². The standard InChI is InChI=1S/C32H50N2O6Si/c1-8-11-13-18-38-31(36)33-29(17-12-9-2)30(35)34(32(37)39-19-20-41(5,6)7)23-28(21-25(34)4)40-24-27-16-14-15-26(10-3)22-27/h8,10,14-16,22,25,28-29H,1,3,9,11-13,17-21,23-24H2,2,4-7H3/p+1/t25?,28-,29?,34?/m1/s1. The highest BCUT2D eigenvalue weighted by Gasteiger charge is 2.59. The molecule has 1 N–H and O–H groups in total. The highest BCUT2D eigenvalue weighted by atomic mass is 28.3. The van der Waals surface area contributed by atoms with Crippen LogP contribution in [0.1, 0.15) is 63.5 Å². The summed E-state index contributed by atoms with van der Waals surface area (Å²) < 4.78 is 16.9. The van der Waals surface area contributed by atoms with Gasteiger partial charge < -0.3 is 19.5 Å². The third-order valence-corrected chi connectivity index (χ3v) is 9.24. The number of carbonyl (C=O) groups is 3. The minimum absolute atomic E-state index is 0.158. The number of quaternary nitrogens is 1. The number of unbranched alkanes of at least 4 members (excludes halogenated alkanes) is 2. The van der Waals surface area contributed by atoms with E-state index in [1.54, 1.807) is 12.2 Å². The van der Waals surface area contributed by atoms with Gasteiger partial charge in [-0.25, -0.2) is 9.59 Å². The molecule has 2 rings (SSSR count). The average molecular weight is 588 g/mol. The number of benzene rings is 1. The lowest BCUT2D eigenvalue weighted by atomic mass is 10.1. The van der Waals surface area contributed by atoms with Gasteiger partial charge in [-0.05, 0) is 49.4 Å². The van der Waals surface area contributed by atoms with Gasteiger partial charge in [-0.1, -0.05) is 76.3 Å². The number of alkyl carbamates (subject to hydrolysis) is 1. The summed E-state index contributed by atoms with van der Waals surface area (Å²) in [5, 5.41) is 2.77. The van der Waals surface area contributed by atoms with Crippen molar-refractivity contribution in [2.45, 2.75) is 103 Å². The van der Waals surface area contributed by atoms with Crippen LogP contribution in [-0.4, -0.2) is 68.6 Å². The first kappa shape index (κ1) is 34.4. The predicted molar refractivity (Wildman–Crippen MR) is 166 cm³/mol. The lowest BCUT2D eigenvalue weighted by molar-refractivity contribution is -0.795. The van der Waals surface area contributed by atoms with Gasteiger partial charge >= 0.3 is 18.1 Å². The van der Waals surface area contributed by atoms with Crippen LogP contribution < -0.4 is 5.32 Å². The van der Waals surface area contributed by atoms with Crippen LogP contribution in [0.25, 0.3) is 6.08 Å². The molecular formula is C32H51N2O6Si+. The smallest absolute Gasteiger partial charge is 0.450 e. The number of likely N-dealkylation sites (tertiary alicyclic amines) is 1. The second kappa shape index (κ2) is 16.6. The number of rotatable bonds is 16. The van der Waals surface area contributed by atoms with E-state index >= 15 is 0 Å². The predicted octanol–water partition coefficient (Wildman–Crippen LogP) is 7.08. The fraction of sp³-hybridized carbons (Fsp3) is 0.594. The largest absolute Gasteiger partial charge is 0.523 e. The molecule has 1 aliphatic heterocycles. The van der Waals surface area contributed by atoms with Crippen LogP contribution in [0.4, 0.5) is 9.59 Å². The summed E-state index contributed by atoms with van der Waals surface area (Å²) in [6.45, 7) is 19.1. The molecule has 1 fully saturated rings. The number of carbonyl (C=O) groups excluding carboxylic acids is 3. The molecule has 41 heavy (non-hydrogen) atoms. The Morgan fingerprint density at radius 1 is 1.15 bits per heavy atom. The molecule has 1 aliphatic rings. The lowest BCUT2D eigenvalue weighted by Gasteiger charge is -2.34. The number of hydrogen-bond acceptors (Lipinski definition) is 6. The average Bonchev–Trinajstić information content (AvgIpc) is 3.28.